The SMILES string of the molecule is CN=C(NCCc1cccc(OC)c1)NCc1cccc(C(F)(F)F)c1. The second-order valence-corrected chi connectivity index (χ2v) is 5.65. The maximum absolute atomic E-state index is 12.7. The first-order chi connectivity index (χ1) is 12.4. The first-order valence-corrected chi connectivity index (χ1v) is 8.16. The van der Waals surface area contributed by atoms with Crippen LogP contribution in [0.4, 0.5) is 13.2 Å². The van der Waals surface area contributed by atoms with Gasteiger partial charge in [0, 0.05) is 20.1 Å². The van der Waals surface area contributed by atoms with Crippen molar-refractivity contribution in [2.24, 2.45) is 4.99 Å². The summed E-state index contributed by atoms with van der Waals surface area (Å²) in [6, 6.07) is 13.0. The number of hydrogen-bond acceptors (Lipinski definition) is 2. The smallest absolute Gasteiger partial charge is 0.416 e. The number of aliphatic imine (C=N–C) groups is 1. The molecule has 2 aromatic rings. The Morgan fingerprint density at radius 3 is 2.46 bits per heavy atom. The number of methoxy groups -OCH3 is 1. The zero-order chi connectivity index (χ0) is 19.0. The topological polar surface area (TPSA) is 45.7 Å². The summed E-state index contributed by atoms with van der Waals surface area (Å²) in [6.45, 7) is 0.887. The molecule has 0 spiro atoms. The molecule has 0 saturated heterocycles. The molecule has 2 aromatic carbocycles. The molecule has 0 aliphatic carbocycles. The molecule has 26 heavy (non-hydrogen) atoms. The molecule has 0 aliphatic heterocycles. The predicted octanol–water partition coefficient (Wildman–Crippen LogP) is 3.62. The van der Waals surface area contributed by atoms with Crippen LogP contribution in [0.25, 0.3) is 0 Å². The van der Waals surface area contributed by atoms with Gasteiger partial charge in [0.25, 0.3) is 0 Å². The number of hydrogen-bond donors (Lipinski definition) is 2. The van der Waals surface area contributed by atoms with Crippen LogP contribution in [-0.4, -0.2) is 26.7 Å². The lowest BCUT2D eigenvalue weighted by Gasteiger charge is -2.13. The number of ether oxygens (including phenoxy) is 1. The van der Waals surface area contributed by atoms with Crippen LogP contribution in [0, 0.1) is 0 Å². The number of benzene rings is 2. The largest absolute Gasteiger partial charge is 0.497 e. The van der Waals surface area contributed by atoms with Crippen molar-refractivity contribution in [1.29, 1.82) is 0 Å². The minimum atomic E-state index is -4.34. The Hall–Kier alpha value is -2.70. The lowest BCUT2D eigenvalue weighted by molar-refractivity contribution is -0.137. The molecular weight excluding hydrogens is 343 g/mol. The number of rotatable bonds is 6. The Labute approximate surface area is 151 Å². The summed E-state index contributed by atoms with van der Waals surface area (Å²) in [4.78, 5) is 4.09. The van der Waals surface area contributed by atoms with Crippen LogP contribution < -0.4 is 15.4 Å². The molecule has 2 N–H and O–H groups in total. The summed E-state index contributed by atoms with van der Waals surface area (Å²) in [5.41, 5.74) is 0.999. The van der Waals surface area contributed by atoms with Crippen molar-refractivity contribution in [2.45, 2.75) is 19.1 Å². The number of guanidine groups is 1. The molecule has 0 aromatic heterocycles. The van der Waals surface area contributed by atoms with Crippen LogP contribution in [0.3, 0.4) is 0 Å². The molecule has 0 fully saturated rings. The first-order valence-electron chi connectivity index (χ1n) is 8.16. The normalized spacial score (nSPS) is 12.0. The van der Waals surface area contributed by atoms with E-state index in [1.807, 2.05) is 24.3 Å². The van der Waals surface area contributed by atoms with E-state index < -0.39 is 11.7 Å². The van der Waals surface area contributed by atoms with Gasteiger partial charge in [0.05, 0.1) is 12.7 Å². The van der Waals surface area contributed by atoms with Gasteiger partial charge < -0.3 is 15.4 Å². The molecule has 7 heteroatoms. The number of nitrogens with zero attached hydrogens (tertiary/aromatic N) is 1. The Morgan fingerprint density at radius 2 is 1.77 bits per heavy atom. The van der Waals surface area contributed by atoms with E-state index in [0.717, 1.165) is 29.9 Å². The van der Waals surface area contributed by atoms with Gasteiger partial charge in [-0.15, -0.1) is 0 Å². The highest BCUT2D eigenvalue weighted by atomic mass is 19.4. The molecule has 0 bridgehead atoms. The molecule has 0 aliphatic rings. The summed E-state index contributed by atoms with van der Waals surface area (Å²) in [5.74, 6) is 1.33. The molecule has 0 unspecified atom stereocenters. The van der Waals surface area contributed by atoms with Gasteiger partial charge in [0.2, 0.25) is 0 Å². The molecule has 140 valence electrons. The lowest BCUT2D eigenvalue weighted by Crippen LogP contribution is -2.37. The number of halogens is 3. The fourth-order valence-electron chi connectivity index (χ4n) is 2.42. The maximum atomic E-state index is 12.7. The predicted molar refractivity (Wildman–Crippen MR) is 96.3 cm³/mol. The van der Waals surface area contributed by atoms with Crippen molar-refractivity contribution < 1.29 is 17.9 Å². The Bertz CT molecular complexity index is 745. The van der Waals surface area contributed by atoms with E-state index in [1.54, 1.807) is 20.2 Å². The zero-order valence-corrected chi connectivity index (χ0v) is 14.7. The average molecular weight is 365 g/mol. The van der Waals surface area contributed by atoms with E-state index in [2.05, 4.69) is 15.6 Å². The lowest BCUT2D eigenvalue weighted by atomic mass is 10.1. The highest BCUT2D eigenvalue weighted by molar-refractivity contribution is 5.79. The fraction of sp³-hybridized carbons (Fsp3) is 0.316. The van der Waals surface area contributed by atoms with Crippen LogP contribution in [0.5, 0.6) is 5.75 Å². The third-order valence-electron chi connectivity index (χ3n) is 3.78. The number of nitrogens with one attached hydrogen (secondary N) is 2. The van der Waals surface area contributed by atoms with E-state index in [0.29, 0.717) is 18.1 Å². The van der Waals surface area contributed by atoms with Crippen LogP contribution in [0.15, 0.2) is 53.5 Å². The highest BCUT2D eigenvalue weighted by Crippen LogP contribution is 2.29. The van der Waals surface area contributed by atoms with E-state index in [4.69, 9.17) is 4.74 Å². The summed E-state index contributed by atoms with van der Waals surface area (Å²) in [5, 5.41) is 6.17. The van der Waals surface area contributed by atoms with E-state index in [9.17, 15) is 13.2 Å². The molecule has 2 rings (SSSR count). The molecule has 0 atom stereocenters. The zero-order valence-electron chi connectivity index (χ0n) is 14.7. The molecule has 0 amide bonds. The van der Waals surface area contributed by atoms with Crippen molar-refractivity contribution in [3.8, 4) is 5.75 Å². The summed E-state index contributed by atoms with van der Waals surface area (Å²) in [7, 11) is 3.24. The van der Waals surface area contributed by atoms with Gasteiger partial charge in [-0.1, -0.05) is 24.3 Å². The average Bonchev–Trinajstić information content (AvgIpc) is 2.64. The van der Waals surface area contributed by atoms with Crippen molar-refractivity contribution >= 4 is 5.96 Å². The Kier molecular flexibility index (Phi) is 6.89. The first kappa shape index (κ1) is 19.6. The van der Waals surface area contributed by atoms with Crippen molar-refractivity contribution in [2.75, 3.05) is 20.7 Å². The van der Waals surface area contributed by atoms with Crippen LogP contribution in [0.1, 0.15) is 16.7 Å². The molecule has 0 saturated carbocycles. The van der Waals surface area contributed by atoms with Gasteiger partial charge in [-0.2, -0.15) is 13.2 Å². The Morgan fingerprint density at radius 1 is 1.04 bits per heavy atom. The maximum Gasteiger partial charge on any atom is 0.416 e. The summed E-state index contributed by atoms with van der Waals surface area (Å²) in [6.07, 6.45) is -3.58. The van der Waals surface area contributed by atoms with E-state index in [-0.39, 0.29) is 6.54 Å². The highest BCUT2D eigenvalue weighted by Gasteiger charge is 2.30. The van der Waals surface area contributed by atoms with Gasteiger partial charge in [-0.25, -0.2) is 0 Å². The third kappa shape index (κ3) is 5.98. The van der Waals surface area contributed by atoms with Crippen molar-refractivity contribution in [1.82, 2.24) is 10.6 Å². The minimum Gasteiger partial charge on any atom is -0.497 e. The van der Waals surface area contributed by atoms with E-state index >= 15 is 0 Å². The van der Waals surface area contributed by atoms with Gasteiger partial charge in [0.15, 0.2) is 5.96 Å². The second-order valence-electron chi connectivity index (χ2n) is 5.65. The molecule has 4 nitrogen and oxygen atoms in total. The summed E-state index contributed by atoms with van der Waals surface area (Å²) < 4.78 is 43.4. The standard InChI is InChI=1S/C19H22F3N3O/c1-23-18(24-10-9-14-5-4-8-17(12-14)26-2)25-13-15-6-3-7-16(11-15)19(20,21)22/h3-8,11-12H,9-10,13H2,1-2H3,(H2,23,24,25). The van der Waals surface area contributed by atoms with E-state index in [1.165, 1.54) is 6.07 Å². The van der Waals surface area contributed by atoms with Gasteiger partial charge >= 0.3 is 6.18 Å². The fourth-order valence-corrected chi connectivity index (χ4v) is 2.42. The van der Waals surface area contributed by atoms with Crippen molar-refractivity contribution in [3.05, 3.63) is 65.2 Å². The van der Waals surface area contributed by atoms with Gasteiger partial charge in [0.1, 0.15) is 5.75 Å². The van der Waals surface area contributed by atoms with Crippen LogP contribution >= 0.6 is 0 Å². The van der Waals surface area contributed by atoms with Crippen LogP contribution in [0.2, 0.25) is 0 Å². The third-order valence-corrected chi connectivity index (χ3v) is 3.78. The van der Waals surface area contributed by atoms with Crippen molar-refractivity contribution in [3.63, 3.8) is 0 Å². The quantitative estimate of drug-likeness (QED) is 0.607. The van der Waals surface area contributed by atoms with Gasteiger partial charge in [-0.05, 0) is 41.8 Å². The Balaban J connectivity index is 1.84. The second kappa shape index (κ2) is 9.12. The minimum absolute atomic E-state index is 0.253. The summed E-state index contributed by atoms with van der Waals surface area (Å²) >= 11 is 0. The molecule has 0 heterocycles. The van der Waals surface area contributed by atoms with Gasteiger partial charge in [-0.3, -0.25) is 4.99 Å². The number of alkyl halides is 3. The monoisotopic (exact) mass is 365 g/mol. The molecular formula is C19H22F3N3O. The van der Waals surface area contributed by atoms with Crippen LogP contribution in [-0.2, 0) is 19.1 Å². The molecule has 0 radical (unpaired) electrons.